The molecule has 3 rings (SSSR count). The highest BCUT2D eigenvalue weighted by molar-refractivity contribution is 6.31. The second kappa shape index (κ2) is 6.79. The third-order valence-corrected chi connectivity index (χ3v) is 4.72. The van der Waals surface area contributed by atoms with E-state index in [4.69, 9.17) is 21.4 Å². The van der Waals surface area contributed by atoms with Crippen molar-refractivity contribution in [2.45, 2.75) is 18.6 Å². The Labute approximate surface area is 144 Å². The first kappa shape index (κ1) is 16.7. The SMILES string of the molecule is COC1CC(c2ccccc2Cl)N(c2ccc(C(=O)O)c(F)c2)C1. The molecule has 6 heteroatoms. The summed E-state index contributed by atoms with van der Waals surface area (Å²) in [5, 5.41) is 9.62. The summed E-state index contributed by atoms with van der Waals surface area (Å²) in [4.78, 5) is 13.0. The molecule has 1 aliphatic heterocycles. The largest absolute Gasteiger partial charge is 0.478 e. The van der Waals surface area contributed by atoms with Gasteiger partial charge >= 0.3 is 5.97 Å². The molecule has 1 aliphatic rings. The van der Waals surface area contributed by atoms with Gasteiger partial charge in [0.05, 0.1) is 17.7 Å². The van der Waals surface area contributed by atoms with E-state index in [9.17, 15) is 9.18 Å². The van der Waals surface area contributed by atoms with Gasteiger partial charge in [-0.05, 0) is 36.2 Å². The third kappa shape index (κ3) is 3.09. The van der Waals surface area contributed by atoms with Crippen molar-refractivity contribution in [3.63, 3.8) is 0 Å². The highest BCUT2D eigenvalue weighted by atomic mass is 35.5. The summed E-state index contributed by atoms with van der Waals surface area (Å²) in [6.45, 7) is 0.582. The van der Waals surface area contributed by atoms with Crippen molar-refractivity contribution >= 4 is 23.3 Å². The molecule has 126 valence electrons. The molecule has 2 aromatic rings. The minimum Gasteiger partial charge on any atom is -0.478 e. The van der Waals surface area contributed by atoms with Gasteiger partial charge in [-0.15, -0.1) is 0 Å². The summed E-state index contributed by atoms with van der Waals surface area (Å²) >= 11 is 6.33. The van der Waals surface area contributed by atoms with Gasteiger partial charge in [-0.3, -0.25) is 0 Å². The molecule has 4 nitrogen and oxygen atoms in total. The number of rotatable bonds is 4. The lowest BCUT2D eigenvalue weighted by Gasteiger charge is -2.27. The molecule has 2 unspecified atom stereocenters. The number of nitrogens with zero attached hydrogens (tertiary/aromatic N) is 1. The molecule has 1 N–H and O–H groups in total. The second-order valence-electron chi connectivity index (χ2n) is 5.75. The Morgan fingerprint density at radius 1 is 1.33 bits per heavy atom. The standard InChI is InChI=1S/C18H17ClFNO3/c1-24-12-9-17(13-4-2-3-5-15(13)19)21(10-12)11-6-7-14(18(22)23)16(20)8-11/h2-8,12,17H,9-10H2,1H3,(H,22,23). The topological polar surface area (TPSA) is 49.8 Å². The average Bonchev–Trinajstić information content (AvgIpc) is 2.99. The molecule has 0 aliphatic carbocycles. The molecule has 0 amide bonds. The first-order valence-corrected chi connectivity index (χ1v) is 7.95. The summed E-state index contributed by atoms with van der Waals surface area (Å²) in [6.07, 6.45) is 0.719. The van der Waals surface area contributed by atoms with E-state index in [1.165, 1.54) is 12.1 Å². The van der Waals surface area contributed by atoms with Crippen molar-refractivity contribution in [3.05, 3.63) is 64.4 Å². The zero-order valence-electron chi connectivity index (χ0n) is 13.1. The molecule has 2 atom stereocenters. The van der Waals surface area contributed by atoms with Crippen LogP contribution in [-0.2, 0) is 4.74 Å². The van der Waals surface area contributed by atoms with Gasteiger partial charge in [0.25, 0.3) is 0 Å². The fourth-order valence-electron chi connectivity index (χ4n) is 3.15. The summed E-state index contributed by atoms with van der Waals surface area (Å²) in [7, 11) is 1.64. The number of hydrogen-bond donors (Lipinski definition) is 1. The molecule has 0 radical (unpaired) electrons. The van der Waals surface area contributed by atoms with E-state index >= 15 is 0 Å². The quantitative estimate of drug-likeness (QED) is 0.901. The van der Waals surface area contributed by atoms with Crippen LogP contribution in [0.25, 0.3) is 0 Å². The van der Waals surface area contributed by atoms with Crippen LogP contribution in [0.5, 0.6) is 0 Å². The van der Waals surface area contributed by atoms with Gasteiger partial charge in [0, 0.05) is 24.4 Å². The molecule has 0 spiro atoms. The monoisotopic (exact) mass is 349 g/mol. The average molecular weight is 350 g/mol. The molecule has 0 saturated carbocycles. The van der Waals surface area contributed by atoms with E-state index in [0.717, 1.165) is 12.0 Å². The van der Waals surface area contributed by atoms with Crippen molar-refractivity contribution in [1.29, 1.82) is 0 Å². The Kier molecular flexibility index (Phi) is 4.73. The second-order valence-corrected chi connectivity index (χ2v) is 6.16. The third-order valence-electron chi connectivity index (χ3n) is 4.37. The number of ether oxygens (including phenoxy) is 1. The number of carbonyl (C=O) groups is 1. The lowest BCUT2D eigenvalue weighted by molar-refractivity contribution is 0.0692. The van der Waals surface area contributed by atoms with Crippen molar-refractivity contribution in [1.82, 2.24) is 0 Å². The smallest absolute Gasteiger partial charge is 0.338 e. The maximum atomic E-state index is 14.1. The summed E-state index contributed by atoms with van der Waals surface area (Å²) in [5.74, 6) is -2.03. The number of halogens is 2. The minimum atomic E-state index is -1.28. The maximum absolute atomic E-state index is 14.1. The molecule has 24 heavy (non-hydrogen) atoms. The number of anilines is 1. The summed E-state index contributed by atoms with van der Waals surface area (Å²) in [6, 6.07) is 11.6. The lowest BCUT2D eigenvalue weighted by atomic mass is 10.0. The van der Waals surface area contributed by atoms with Crippen LogP contribution >= 0.6 is 11.6 Å². The van der Waals surface area contributed by atoms with Crippen LogP contribution in [0.4, 0.5) is 10.1 Å². The molecule has 1 saturated heterocycles. The Bertz CT molecular complexity index is 768. The number of carboxylic acid groups (broad SMARTS) is 1. The van der Waals surface area contributed by atoms with E-state index in [-0.39, 0.29) is 17.7 Å². The van der Waals surface area contributed by atoms with Gasteiger partial charge in [-0.25, -0.2) is 9.18 Å². The zero-order chi connectivity index (χ0) is 17.3. The first-order chi connectivity index (χ1) is 11.5. The van der Waals surface area contributed by atoms with Crippen LogP contribution in [0, 0.1) is 5.82 Å². The maximum Gasteiger partial charge on any atom is 0.338 e. The van der Waals surface area contributed by atoms with E-state index in [1.807, 2.05) is 29.2 Å². The predicted molar refractivity (Wildman–Crippen MR) is 90.3 cm³/mol. The molecule has 0 aromatic heterocycles. The van der Waals surface area contributed by atoms with Crippen LogP contribution in [0.2, 0.25) is 5.02 Å². The van der Waals surface area contributed by atoms with Crippen LogP contribution in [0.15, 0.2) is 42.5 Å². The Morgan fingerprint density at radius 3 is 2.71 bits per heavy atom. The molecular formula is C18H17ClFNO3. The van der Waals surface area contributed by atoms with E-state index in [2.05, 4.69) is 0 Å². The molecule has 0 bridgehead atoms. The Morgan fingerprint density at radius 2 is 2.08 bits per heavy atom. The summed E-state index contributed by atoms with van der Waals surface area (Å²) in [5.41, 5.74) is 1.22. The number of hydrogen-bond acceptors (Lipinski definition) is 3. The van der Waals surface area contributed by atoms with Crippen molar-refractivity contribution in [3.8, 4) is 0 Å². The van der Waals surface area contributed by atoms with E-state index in [0.29, 0.717) is 17.3 Å². The number of methoxy groups -OCH3 is 1. The highest BCUT2D eigenvalue weighted by Crippen LogP contribution is 2.40. The van der Waals surface area contributed by atoms with Crippen molar-refractivity contribution in [2.75, 3.05) is 18.6 Å². The van der Waals surface area contributed by atoms with Gasteiger partial charge < -0.3 is 14.7 Å². The first-order valence-electron chi connectivity index (χ1n) is 7.58. The van der Waals surface area contributed by atoms with Gasteiger partial charge in [0.15, 0.2) is 0 Å². The number of aromatic carboxylic acids is 1. The lowest BCUT2D eigenvalue weighted by Crippen LogP contribution is -2.25. The normalized spacial score (nSPS) is 20.4. The van der Waals surface area contributed by atoms with Gasteiger partial charge in [0.1, 0.15) is 5.82 Å². The van der Waals surface area contributed by atoms with E-state index in [1.54, 1.807) is 13.2 Å². The zero-order valence-corrected chi connectivity index (χ0v) is 13.8. The highest BCUT2D eigenvalue weighted by Gasteiger charge is 2.34. The van der Waals surface area contributed by atoms with Crippen molar-refractivity contribution in [2.24, 2.45) is 0 Å². The summed E-state index contributed by atoms with van der Waals surface area (Å²) < 4.78 is 19.6. The molecule has 1 heterocycles. The Balaban J connectivity index is 1.99. The predicted octanol–water partition coefficient (Wildman–Crippen LogP) is 4.14. The van der Waals surface area contributed by atoms with Gasteiger partial charge in [-0.2, -0.15) is 0 Å². The van der Waals surface area contributed by atoms with E-state index < -0.39 is 11.8 Å². The molecule has 1 fully saturated rings. The van der Waals surface area contributed by atoms with Crippen LogP contribution in [0.1, 0.15) is 28.4 Å². The molecular weight excluding hydrogens is 333 g/mol. The van der Waals surface area contributed by atoms with Crippen LogP contribution in [-0.4, -0.2) is 30.8 Å². The van der Waals surface area contributed by atoms with Crippen molar-refractivity contribution < 1.29 is 19.0 Å². The van der Waals surface area contributed by atoms with Crippen LogP contribution < -0.4 is 4.90 Å². The number of benzene rings is 2. The van der Waals surface area contributed by atoms with Crippen LogP contribution in [0.3, 0.4) is 0 Å². The van der Waals surface area contributed by atoms with Gasteiger partial charge in [-0.1, -0.05) is 29.8 Å². The van der Waals surface area contributed by atoms with Gasteiger partial charge in [0.2, 0.25) is 0 Å². The minimum absolute atomic E-state index is 0.00603. The molecule has 2 aromatic carbocycles. The number of carboxylic acids is 1. The Hall–Kier alpha value is -2.11. The fraction of sp³-hybridized carbons (Fsp3) is 0.278. The fourth-order valence-corrected chi connectivity index (χ4v) is 3.41.